The zero-order valence-electron chi connectivity index (χ0n) is 14.8. The van der Waals surface area contributed by atoms with E-state index in [0.717, 1.165) is 29.0 Å². The molecule has 0 spiro atoms. The molecule has 138 valence electrons. The van der Waals surface area contributed by atoms with Crippen molar-refractivity contribution in [3.8, 4) is 0 Å². The van der Waals surface area contributed by atoms with E-state index in [1.54, 1.807) is 4.90 Å². The summed E-state index contributed by atoms with van der Waals surface area (Å²) in [4.78, 5) is 14.5. The van der Waals surface area contributed by atoms with E-state index in [1.165, 1.54) is 6.07 Å². The first-order chi connectivity index (χ1) is 13.0. The van der Waals surface area contributed by atoms with Gasteiger partial charge in [0.1, 0.15) is 17.3 Å². The Morgan fingerprint density at radius 2 is 1.70 bits per heavy atom. The fourth-order valence-corrected chi connectivity index (χ4v) is 3.50. The fraction of sp³-hybridized carbons (Fsp3) is 0.190. The van der Waals surface area contributed by atoms with E-state index in [0.29, 0.717) is 13.1 Å². The molecule has 1 aliphatic heterocycles. The highest BCUT2D eigenvalue weighted by atomic mass is 19.1. The number of carbonyl (C=O) groups is 1. The minimum Gasteiger partial charge on any atom is -0.348 e. The number of nitrogens with zero attached hydrogens (tertiary/aromatic N) is 2. The van der Waals surface area contributed by atoms with Gasteiger partial charge in [-0.3, -0.25) is 0 Å². The summed E-state index contributed by atoms with van der Waals surface area (Å²) in [6.07, 6.45) is 1.97. The van der Waals surface area contributed by atoms with Gasteiger partial charge in [0.05, 0.1) is 6.04 Å². The number of rotatable bonds is 2. The molecule has 0 unspecified atom stereocenters. The van der Waals surface area contributed by atoms with Crippen molar-refractivity contribution in [2.45, 2.75) is 19.5 Å². The van der Waals surface area contributed by atoms with Crippen molar-refractivity contribution in [1.82, 2.24) is 9.47 Å². The lowest BCUT2D eigenvalue weighted by molar-refractivity contribution is 0.181. The summed E-state index contributed by atoms with van der Waals surface area (Å²) < 4.78 is 30.0. The van der Waals surface area contributed by atoms with Gasteiger partial charge in [-0.25, -0.2) is 13.6 Å². The Balaban J connectivity index is 1.70. The molecule has 0 saturated carbocycles. The van der Waals surface area contributed by atoms with Crippen molar-refractivity contribution in [2.75, 3.05) is 11.9 Å². The Kier molecular flexibility index (Phi) is 4.39. The average molecular weight is 367 g/mol. The van der Waals surface area contributed by atoms with E-state index < -0.39 is 23.4 Å². The minimum atomic E-state index is -0.796. The molecule has 1 aromatic heterocycles. The van der Waals surface area contributed by atoms with Gasteiger partial charge in [-0.1, -0.05) is 35.9 Å². The van der Waals surface area contributed by atoms with Crippen molar-refractivity contribution in [3.05, 3.63) is 89.2 Å². The van der Waals surface area contributed by atoms with E-state index in [4.69, 9.17) is 0 Å². The van der Waals surface area contributed by atoms with Crippen LogP contribution in [-0.4, -0.2) is 22.0 Å². The van der Waals surface area contributed by atoms with Crippen LogP contribution in [0.3, 0.4) is 0 Å². The van der Waals surface area contributed by atoms with Crippen LogP contribution in [0.4, 0.5) is 19.3 Å². The third kappa shape index (κ3) is 3.18. The van der Waals surface area contributed by atoms with Gasteiger partial charge in [-0.2, -0.15) is 0 Å². The number of nitrogens with one attached hydrogen (secondary N) is 1. The smallest absolute Gasteiger partial charge is 0.322 e. The Hall–Kier alpha value is -3.15. The molecule has 0 aliphatic carbocycles. The molecule has 2 amide bonds. The predicted octanol–water partition coefficient (Wildman–Crippen LogP) is 4.71. The van der Waals surface area contributed by atoms with E-state index in [-0.39, 0.29) is 6.04 Å². The van der Waals surface area contributed by atoms with Crippen LogP contribution < -0.4 is 5.32 Å². The highest BCUT2D eigenvalue weighted by molar-refractivity contribution is 5.90. The van der Waals surface area contributed by atoms with Gasteiger partial charge in [0, 0.05) is 25.0 Å². The molecule has 1 atom stereocenters. The van der Waals surface area contributed by atoms with Crippen molar-refractivity contribution in [2.24, 2.45) is 0 Å². The second-order valence-corrected chi connectivity index (χ2v) is 6.66. The molecule has 0 bridgehead atoms. The van der Waals surface area contributed by atoms with E-state index in [9.17, 15) is 13.6 Å². The number of halogens is 2. The van der Waals surface area contributed by atoms with Crippen LogP contribution in [-0.2, 0) is 6.54 Å². The normalized spacial score (nSPS) is 16.1. The van der Waals surface area contributed by atoms with Crippen LogP contribution in [0, 0.1) is 18.6 Å². The molecule has 0 saturated heterocycles. The summed E-state index contributed by atoms with van der Waals surface area (Å²) in [5, 5.41) is 2.41. The van der Waals surface area contributed by atoms with Gasteiger partial charge in [0.15, 0.2) is 0 Å². The summed E-state index contributed by atoms with van der Waals surface area (Å²) >= 11 is 0. The van der Waals surface area contributed by atoms with Gasteiger partial charge in [0.2, 0.25) is 0 Å². The third-order valence-corrected chi connectivity index (χ3v) is 4.89. The molecule has 4 rings (SSSR count). The molecule has 1 aliphatic rings. The lowest BCUT2D eigenvalue weighted by Gasteiger charge is -2.37. The van der Waals surface area contributed by atoms with Gasteiger partial charge < -0.3 is 14.8 Å². The van der Waals surface area contributed by atoms with Crippen molar-refractivity contribution < 1.29 is 13.6 Å². The van der Waals surface area contributed by atoms with Crippen LogP contribution in [0.1, 0.15) is 22.9 Å². The highest BCUT2D eigenvalue weighted by Gasteiger charge is 2.32. The molecular weight excluding hydrogens is 348 g/mol. The standard InChI is InChI=1S/C21H19F2N3O/c1-14-7-9-15(10-8-14)20-18-6-3-11-25(18)12-13-26(20)21(27)24-19-16(22)4-2-5-17(19)23/h2-11,20H,12-13H2,1H3,(H,24,27)/t20-/m1/s1. The SMILES string of the molecule is Cc1ccc([C@@H]2c3cccn3CCN2C(=O)Nc2c(F)cccc2F)cc1. The minimum absolute atomic E-state index is 0.329. The Morgan fingerprint density at radius 3 is 2.41 bits per heavy atom. The Bertz CT molecular complexity index is 961. The number of hydrogen-bond donors (Lipinski definition) is 1. The topological polar surface area (TPSA) is 37.3 Å². The maximum absolute atomic E-state index is 14.0. The number of urea groups is 1. The zero-order chi connectivity index (χ0) is 19.0. The molecule has 27 heavy (non-hydrogen) atoms. The van der Waals surface area contributed by atoms with E-state index >= 15 is 0 Å². The number of para-hydroxylation sites is 1. The quantitative estimate of drug-likeness (QED) is 0.700. The number of benzene rings is 2. The summed E-state index contributed by atoms with van der Waals surface area (Å²) in [5.74, 6) is -1.59. The van der Waals surface area contributed by atoms with Crippen LogP contribution in [0.25, 0.3) is 0 Å². The molecular formula is C21H19F2N3O. The van der Waals surface area contributed by atoms with Gasteiger partial charge >= 0.3 is 6.03 Å². The summed E-state index contributed by atoms with van der Waals surface area (Å²) in [6, 6.07) is 14.5. The molecule has 0 fully saturated rings. The van der Waals surface area contributed by atoms with Crippen LogP contribution in [0.2, 0.25) is 0 Å². The first-order valence-corrected chi connectivity index (χ1v) is 8.78. The summed E-state index contributed by atoms with van der Waals surface area (Å²) in [6.45, 7) is 3.05. The molecule has 2 aromatic carbocycles. The Morgan fingerprint density at radius 1 is 1.00 bits per heavy atom. The third-order valence-electron chi connectivity index (χ3n) is 4.89. The number of fused-ring (bicyclic) bond motifs is 1. The number of anilines is 1. The van der Waals surface area contributed by atoms with Gasteiger partial charge in [-0.15, -0.1) is 0 Å². The number of aryl methyl sites for hydroxylation is 1. The predicted molar refractivity (Wildman–Crippen MR) is 99.5 cm³/mol. The van der Waals surface area contributed by atoms with E-state index in [2.05, 4.69) is 9.88 Å². The molecule has 0 radical (unpaired) electrons. The van der Waals surface area contributed by atoms with Crippen molar-refractivity contribution in [1.29, 1.82) is 0 Å². The van der Waals surface area contributed by atoms with Crippen LogP contribution in [0.15, 0.2) is 60.8 Å². The summed E-state index contributed by atoms with van der Waals surface area (Å²) in [5.41, 5.74) is 2.61. The number of hydrogen-bond acceptors (Lipinski definition) is 1. The van der Waals surface area contributed by atoms with Gasteiger partial charge in [-0.05, 0) is 36.8 Å². The Labute approximate surface area is 156 Å². The molecule has 3 aromatic rings. The molecule has 2 heterocycles. The molecule has 1 N–H and O–H groups in total. The average Bonchev–Trinajstić information content (AvgIpc) is 3.13. The van der Waals surface area contributed by atoms with Crippen LogP contribution >= 0.6 is 0 Å². The first-order valence-electron chi connectivity index (χ1n) is 8.78. The first kappa shape index (κ1) is 17.3. The lowest BCUT2D eigenvalue weighted by atomic mass is 9.99. The maximum atomic E-state index is 14.0. The van der Waals surface area contributed by atoms with E-state index in [1.807, 2.05) is 49.5 Å². The largest absolute Gasteiger partial charge is 0.348 e. The zero-order valence-corrected chi connectivity index (χ0v) is 14.8. The fourth-order valence-electron chi connectivity index (χ4n) is 3.50. The van der Waals surface area contributed by atoms with Crippen molar-refractivity contribution >= 4 is 11.7 Å². The van der Waals surface area contributed by atoms with Gasteiger partial charge in [0.25, 0.3) is 0 Å². The molecule has 6 heteroatoms. The molecule has 4 nitrogen and oxygen atoms in total. The number of amides is 2. The summed E-state index contributed by atoms with van der Waals surface area (Å²) in [7, 11) is 0. The second kappa shape index (κ2) is 6.87. The highest BCUT2D eigenvalue weighted by Crippen LogP contribution is 2.33. The van der Waals surface area contributed by atoms with Crippen LogP contribution in [0.5, 0.6) is 0 Å². The monoisotopic (exact) mass is 367 g/mol. The maximum Gasteiger partial charge on any atom is 0.322 e. The second-order valence-electron chi connectivity index (χ2n) is 6.66. The number of carbonyl (C=O) groups excluding carboxylic acids is 1. The van der Waals surface area contributed by atoms with Crippen molar-refractivity contribution in [3.63, 3.8) is 0 Å². The lowest BCUT2D eigenvalue weighted by Crippen LogP contribution is -2.44. The number of aromatic nitrogens is 1.